The molecule has 0 atom stereocenters. The van der Waals surface area contributed by atoms with Gasteiger partial charge in [0.2, 0.25) is 0 Å². The maximum Gasteiger partial charge on any atom is 0.356 e. The summed E-state index contributed by atoms with van der Waals surface area (Å²) in [5.41, 5.74) is 21.5. The first-order valence-electron chi connectivity index (χ1n) is 10.6. The minimum atomic E-state index is -1.10. The van der Waals surface area contributed by atoms with Gasteiger partial charge in [-0.15, -0.1) is 0 Å². The standard InChI is InChI=1S/4C6H6N2O2.W/c4*7-4-2-1-3-8-5(4)6(9)10;/h4*1-3H,7H2,(H,9,10);. The number of nitrogen functional groups attached to an aromatic ring is 4. The van der Waals surface area contributed by atoms with E-state index in [0.29, 0.717) is 0 Å². The van der Waals surface area contributed by atoms with E-state index in [1.807, 2.05) is 0 Å². The third-order valence-electron chi connectivity index (χ3n) is 4.17. The molecular formula is C24H24N8O8W. The fourth-order valence-corrected chi connectivity index (χ4v) is 2.39. The fraction of sp³-hybridized carbons (Fsp3) is 0. The van der Waals surface area contributed by atoms with Crippen LogP contribution in [0.4, 0.5) is 22.7 Å². The summed E-state index contributed by atoms with van der Waals surface area (Å²) in [5, 5.41) is 33.7. The Bertz CT molecular complexity index is 1270. The van der Waals surface area contributed by atoms with Crippen LogP contribution in [0.25, 0.3) is 0 Å². The fourth-order valence-electron chi connectivity index (χ4n) is 2.39. The molecule has 4 rings (SSSR count). The molecule has 0 radical (unpaired) electrons. The number of aromatic nitrogens is 4. The van der Waals surface area contributed by atoms with Crippen molar-refractivity contribution in [3.63, 3.8) is 0 Å². The van der Waals surface area contributed by atoms with Gasteiger partial charge in [0.05, 0.1) is 22.7 Å². The molecule has 0 saturated heterocycles. The summed E-state index contributed by atoms with van der Waals surface area (Å²) in [6.07, 6.45) is 5.55. The molecule has 0 aliphatic rings. The van der Waals surface area contributed by atoms with Crippen molar-refractivity contribution in [3.05, 3.63) is 96.1 Å². The van der Waals surface area contributed by atoms with Gasteiger partial charge in [0.15, 0.2) is 22.8 Å². The summed E-state index contributed by atoms with van der Waals surface area (Å²) in [6.45, 7) is 0. The molecule has 41 heavy (non-hydrogen) atoms. The van der Waals surface area contributed by atoms with E-state index in [1.54, 1.807) is 24.3 Å². The Hall–Kier alpha value is -5.63. The first-order chi connectivity index (χ1) is 18.9. The van der Waals surface area contributed by atoms with Crippen LogP contribution in [0.3, 0.4) is 0 Å². The van der Waals surface area contributed by atoms with E-state index < -0.39 is 23.9 Å². The number of carboxylic acid groups (broad SMARTS) is 4. The number of carboxylic acids is 4. The van der Waals surface area contributed by atoms with Crippen molar-refractivity contribution in [2.24, 2.45) is 0 Å². The van der Waals surface area contributed by atoms with Gasteiger partial charge in [0, 0.05) is 45.9 Å². The minimum absolute atomic E-state index is 0. The molecule has 0 aliphatic carbocycles. The molecule has 12 N–H and O–H groups in total. The molecule has 4 heterocycles. The van der Waals surface area contributed by atoms with Crippen molar-refractivity contribution in [3.8, 4) is 0 Å². The molecule has 0 saturated carbocycles. The Morgan fingerprint density at radius 2 is 0.610 bits per heavy atom. The Balaban J connectivity index is 0.000000516. The third-order valence-corrected chi connectivity index (χ3v) is 4.17. The summed E-state index contributed by atoms with van der Waals surface area (Å²) < 4.78 is 0. The summed E-state index contributed by atoms with van der Waals surface area (Å²) in [4.78, 5) is 55.3. The first kappa shape index (κ1) is 35.4. The topological polar surface area (TPSA) is 305 Å². The van der Waals surface area contributed by atoms with Crippen LogP contribution in [-0.2, 0) is 21.1 Å². The molecule has 0 fully saturated rings. The molecule has 0 spiro atoms. The predicted octanol–water partition coefficient (Wildman–Crippen LogP) is 1.45. The van der Waals surface area contributed by atoms with Gasteiger partial charge < -0.3 is 43.4 Å². The van der Waals surface area contributed by atoms with Gasteiger partial charge in [-0.3, -0.25) is 0 Å². The van der Waals surface area contributed by atoms with E-state index in [9.17, 15) is 19.2 Å². The van der Waals surface area contributed by atoms with E-state index >= 15 is 0 Å². The van der Waals surface area contributed by atoms with Gasteiger partial charge in [-0.2, -0.15) is 0 Å². The number of nitrogens with two attached hydrogens (primary N) is 4. The van der Waals surface area contributed by atoms with E-state index in [0.717, 1.165) is 0 Å². The molecule has 0 aliphatic heterocycles. The van der Waals surface area contributed by atoms with E-state index in [4.69, 9.17) is 43.4 Å². The number of rotatable bonds is 4. The first-order valence-corrected chi connectivity index (χ1v) is 10.6. The van der Waals surface area contributed by atoms with Crippen molar-refractivity contribution < 1.29 is 60.7 Å². The molecule has 214 valence electrons. The van der Waals surface area contributed by atoms with Crippen molar-refractivity contribution in [2.75, 3.05) is 22.9 Å². The van der Waals surface area contributed by atoms with Crippen LogP contribution < -0.4 is 22.9 Å². The number of hydrogen-bond acceptors (Lipinski definition) is 12. The third kappa shape index (κ3) is 12.2. The number of hydrogen-bond donors (Lipinski definition) is 8. The second-order valence-corrected chi connectivity index (χ2v) is 6.99. The Morgan fingerprint density at radius 3 is 0.707 bits per heavy atom. The summed E-state index contributed by atoms with van der Waals surface area (Å²) in [6, 6.07) is 12.3. The molecule has 0 amide bonds. The maximum atomic E-state index is 10.3. The second-order valence-electron chi connectivity index (χ2n) is 6.99. The number of anilines is 4. The molecule has 4 aromatic heterocycles. The molecular weight excluding hydrogens is 712 g/mol. The van der Waals surface area contributed by atoms with Crippen molar-refractivity contribution in [1.82, 2.24) is 19.9 Å². The van der Waals surface area contributed by atoms with Gasteiger partial charge in [-0.1, -0.05) is 0 Å². The van der Waals surface area contributed by atoms with Gasteiger partial charge in [-0.05, 0) is 48.5 Å². The van der Waals surface area contributed by atoms with Crippen LogP contribution in [-0.4, -0.2) is 64.2 Å². The Morgan fingerprint density at radius 1 is 0.439 bits per heavy atom. The van der Waals surface area contributed by atoms with Crippen LogP contribution in [0.5, 0.6) is 0 Å². The van der Waals surface area contributed by atoms with Gasteiger partial charge in [0.1, 0.15) is 0 Å². The van der Waals surface area contributed by atoms with Crippen LogP contribution in [0, 0.1) is 0 Å². The summed E-state index contributed by atoms with van der Waals surface area (Å²) >= 11 is 0. The summed E-state index contributed by atoms with van der Waals surface area (Å²) in [7, 11) is 0. The minimum Gasteiger partial charge on any atom is -0.476 e. The van der Waals surface area contributed by atoms with E-state index in [-0.39, 0.29) is 66.6 Å². The van der Waals surface area contributed by atoms with Crippen molar-refractivity contribution in [1.29, 1.82) is 0 Å². The zero-order chi connectivity index (χ0) is 30.2. The van der Waals surface area contributed by atoms with Crippen LogP contribution in [0.2, 0.25) is 0 Å². The normalized spacial score (nSPS) is 8.98. The van der Waals surface area contributed by atoms with E-state index in [2.05, 4.69) is 19.9 Å². The largest absolute Gasteiger partial charge is 0.476 e. The van der Waals surface area contributed by atoms with Gasteiger partial charge in [-0.25, -0.2) is 39.1 Å². The van der Waals surface area contributed by atoms with Gasteiger partial charge in [0.25, 0.3) is 0 Å². The number of nitrogens with zero attached hydrogens (tertiary/aromatic N) is 4. The van der Waals surface area contributed by atoms with E-state index in [1.165, 1.54) is 49.1 Å². The van der Waals surface area contributed by atoms with Gasteiger partial charge >= 0.3 is 23.9 Å². The van der Waals surface area contributed by atoms with Crippen molar-refractivity contribution >= 4 is 46.6 Å². The van der Waals surface area contributed by atoms with Crippen molar-refractivity contribution in [2.45, 2.75) is 0 Å². The van der Waals surface area contributed by atoms with Crippen LogP contribution >= 0.6 is 0 Å². The predicted molar refractivity (Wildman–Crippen MR) is 142 cm³/mol. The average molecular weight is 736 g/mol. The number of carbonyl (C=O) groups is 4. The number of pyridine rings is 4. The Labute approximate surface area is 246 Å². The van der Waals surface area contributed by atoms with Crippen LogP contribution in [0.15, 0.2) is 73.3 Å². The monoisotopic (exact) mass is 736 g/mol. The smallest absolute Gasteiger partial charge is 0.356 e. The molecule has 0 bridgehead atoms. The quantitative estimate of drug-likeness (QED) is 0.147. The average Bonchev–Trinajstić information content (AvgIpc) is 2.90. The Kier molecular flexibility index (Phi) is 15.4. The second kappa shape index (κ2) is 17.8. The summed E-state index contributed by atoms with van der Waals surface area (Å²) in [5.74, 6) is -4.40. The SMILES string of the molecule is Nc1cccnc1C(=O)O.Nc1cccnc1C(=O)O.Nc1cccnc1C(=O)O.Nc1cccnc1C(=O)O.[W]. The molecule has 16 nitrogen and oxygen atoms in total. The zero-order valence-electron chi connectivity index (χ0n) is 20.9. The molecule has 17 heteroatoms. The number of aromatic carboxylic acids is 4. The molecule has 0 aromatic carbocycles. The zero-order valence-corrected chi connectivity index (χ0v) is 23.8. The molecule has 0 unspecified atom stereocenters. The maximum absolute atomic E-state index is 10.3. The molecule has 4 aromatic rings. The van der Waals surface area contributed by atoms with Crippen LogP contribution in [0.1, 0.15) is 42.0 Å².